The molecule has 5 heteroatoms. The molecule has 2 saturated heterocycles. The highest BCUT2D eigenvalue weighted by Gasteiger charge is 2.27. The van der Waals surface area contributed by atoms with Gasteiger partial charge in [0, 0.05) is 45.3 Å². The van der Waals surface area contributed by atoms with Gasteiger partial charge in [0.1, 0.15) is 0 Å². The summed E-state index contributed by atoms with van der Waals surface area (Å²) in [5.74, 6) is 0. The maximum Gasteiger partial charge on any atom is 0.320 e. The average Bonchev–Trinajstić information content (AvgIpc) is 2.47. The molecule has 2 amide bonds. The van der Waals surface area contributed by atoms with E-state index in [1.54, 1.807) is 0 Å². The van der Waals surface area contributed by atoms with Crippen molar-refractivity contribution in [1.29, 1.82) is 0 Å². The lowest BCUT2D eigenvalue weighted by Crippen LogP contribution is -2.56. The summed E-state index contributed by atoms with van der Waals surface area (Å²) in [5.41, 5.74) is 0. The largest absolute Gasteiger partial charge is 0.378 e. The van der Waals surface area contributed by atoms with Crippen molar-refractivity contribution in [2.45, 2.75) is 26.3 Å². The van der Waals surface area contributed by atoms with Crippen LogP contribution >= 0.6 is 0 Å². The van der Waals surface area contributed by atoms with E-state index < -0.39 is 0 Å². The number of hydrogen-bond acceptors (Lipinski definition) is 3. The number of nitrogens with zero attached hydrogens (tertiary/aromatic N) is 3. The van der Waals surface area contributed by atoms with Gasteiger partial charge in [-0.25, -0.2) is 4.79 Å². The molecule has 0 spiro atoms. The van der Waals surface area contributed by atoms with Crippen molar-refractivity contribution < 1.29 is 9.53 Å². The van der Waals surface area contributed by atoms with E-state index in [-0.39, 0.29) is 6.03 Å². The van der Waals surface area contributed by atoms with E-state index in [2.05, 4.69) is 18.7 Å². The Hall–Kier alpha value is -0.810. The van der Waals surface area contributed by atoms with Crippen LogP contribution in [-0.4, -0.2) is 79.3 Å². The van der Waals surface area contributed by atoms with Crippen LogP contribution in [0.2, 0.25) is 0 Å². The van der Waals surface area contributed by atoms with Crippen LogP contribution in [0.4, 0.5) is 4.79 Å². The van der Waals surface area contributed by atoms with Crippen LogP contribution in [0.3, 0.4) is 0 Å². The number of rotatable bonds is 2. The molecule has 2 aliphatic heterocycles. The predicted molar refractivity (Wildman–Crippen MR) is 70.7 cm³/mol. The van der Waals surface area contributed by atoms with E-state index in [0.717, 1.165) is 39.3 Å². The molecule has 0 aromatic carbocycles. The number of hydrogen-bond donors (Lipinski definition) is 0. The smallest absolute Gasteiger partial charge is 0.320 e. The number of amides is 2. The molecule has 104 valence electrons. The molecule has 2 heterocycles. The number of morpholine rings is 1. The van der Waals surface area contributed by atoms with Gasteiger partial charge in [-0.15, -0.1) is 0 Å². The summed E-state index contributed by atoms with van der Waals surface area (Å²) in [4.78, 5) is 18.7. The lowest BCUT2D eigenvalue weighted by atomic mass is 10.2. The number of urea groups is 1. The van der Waals surface area contributed by atoms with Crippen LogP contribution in [-0.2, 0) is 4.74 Å². The van der Waals surface area contributed by atoms with E-state index in [1.165, 1.54) is 6.42 Å². The highest BCUT2D eigenvalue weighted by Crippen LogP contribution is 2.11. The lowest BCUT2D eigenvalue weighted by Gasteiger charge is -2.40. The third-order valence-electron chi connectivity index (χ3n) is 4.08. The Morgan fingerprint density at radius 1 is 1.06 bits per heavy atom. The van der Waals surface area contributed by atoms with Crippen LogP contribution in [0.15, 0.2) is 0 Å². The van der Waals surface area contributed by atoms with E-state index >= 15 is 0 Å². The summed E-state index contributed by atoms with van der Waals surface area (Å²) in [5, 5.41) is 0. The number of ether oxygens (including phenoxy) is 1. The summed E-state index contributed by atoms with van der Waals surface area (Å²) >= 11 is 0. The molecule has 2 fully saturated rings. The summed E-state index contributed by atoms with van der Waals surface area (Å²) < 4.78 is 5.28. The molecule has 18 heavy (non-hydrogen) atoms. The molecule has 0 saturated carbocycles. The van der Waals surface area contributed by atoms with Crippen molar-refractivity contribution in [3.05, 3.63) is 0 Å². The molecular formula is C13H25N3O2. The fraction of sp³-hybridized carbons (Fsp3) is 0.923. The van der Waals surface area contributed by atoms with Gasteiger partial charge < -0.3 is 14.5 Å². The quantitative estimate of drug-likeness (QED) is 0.734. The van der Waals surface area contributed by atoms with E-state index in [1.807, 2.05) is 9.80 Å². The van der Waals surface area contributed by atoms with E-state index in [0.29, 0.717) is 19.3 Å². The molecule has 0 aromatic rings. The number of piperazine rings is 1. The summed E-state index contributed by atoms with van der Waals surface area (Å²) in [6.45, 7) is 11.1. The molecule has 0 N–H and O–H groups in total. The highest BCUT2D eigenvalue weighted by molar-refractivity contribution is 5.74. The van der Waals surface area contributed by atoms with Gasteiger partial charge in [0.05, 0.1) is 13.2 Å². The Labute approximate surface area is 110 Å². The highest BCUT2D eigenvalue weighted by atomic mass is 16.5. The molecule has 5 nitrogen and oxygen atoms in total. The van der Waals surface area contributed by atoms with Crippen LogP contribution in [0.25, 0.3) is 0 Å². The zero-order valence-corrected chi connectivity index (χ0v) is 11.6. The fourth-order valence-corrected chi connectivity index (χ4v) is 2.57. The van der Waals surface area contributed by atoms with Gasteiger partial charge in [-0.05, 0) is 13.3 Å². The standard InChI is InChI=1S/C13H25N3O2/c1-3-12(2)14-4-6-15(7-5-14)13(17)16-8-10-18-11-9-16/h12H,3-11H2,1-2H3. The summed E-state index contributed by atoms with van der Waals surface area (Å²) in [6.07, 6.45) is 1.18. The van der Waals surface area contributed by atoms with Gasteiger partial charge in [-0.3, -0.25) is 4.90 Å². The Bertz CT molecular complexity index is 271. The first kappa shape index (κ1) is 13.6. The topological polar surface area (TPSA) is 36.0 Å². The van der Waals surface area contributed by atoms with Gasteiger partial charge in [0.25, 0.3) is 0 Å². The van der Waals surface area contributed by atoms with Crippen molar-refractivity contribution in [2.75, 3.05) is 52.5 Å². The van der Waals surface area contributed by atoms with Gasteiger partial charge in [0.2, 0.25) is 0 Å². The predicted octanol–water partition coefficient (Wildman–Crippen LogP) is 0.855. The second-order valence-electron chi connectivity index (χ2n) is 5.16. The minimum absolute atomic E-state index is 0.196. The van der Waals surface area contributed by atoms with Crippen LogP contribution in [0.1, 0.15) is 20.3 Å². The Kier molecular flexibility index (Phi) is 4.83. The monoisotopic (exact) mass is 255 g/mol. The van der Waals surface area contributed by atoms with Gasteiger partial charge in [-0.2, -0.15) is 0 Å². The summed E-state index contributed by atoms with van der Waals surface area (Å²) in [6, 6.07) is 0.827. The molecule has 0 radical (unpaired) electrons. The van der Waals surface area contributed by atoms with Crippen molar-refractivity contribution >= 4 is 6.03 Å². The average molecular weight is 255 g/mol. The van der Waals surface area contributed by atoms with E-state index in [9.17, 15) is 4.79 Å². The van der Waals surface area contributed by atoms with Crippen LogP contribution < -0.4 is 0 Å². The second kappa shape index (κ2) is 6.38. The van der Waals surface area contributed by atoms with Crippen molar-refractivity contribution in [3.8, 4) is 0 Å². The first-order valence-electron chi connectivity index (χ1n) is 7.08. The van der Waals surface area contributed by atoms with Crippen molar-refractivity contribution in [3.63, 3.8) is 0 Å². The third-order valence-corrected chi connectivity index (χ3v) is 4.08. The van der Waals surface area contributed by atoms with Crippen molar-refractivity contribution in [1.82, 2.24) is 14.7 Å². The SMILES string of the molecule is CCC(C)N1CCN(C(=O)N2CCOCC2)CC1. The lowest BCUT2D eigenvalue weighted by molar-refractivity contribution is 0.0352. The summed E-state index contributed by atoms with van der Waals surface area (Å²) in [7, 11) is 0. The minimum atomic E-state index is 0.196. The molecule has 1 unspecified atom stereocenters. The first-order chi connectivity index (χ1) is 8.72. The van der Waals surface area contributed by atoms with Crippen LogP contribution in [0, 0.1) is 0 Å². The second-order valence-corrected chi connectivity index (χ2v) is 5.16. The van der Waals surface area contributed by atoms with E-state index in [4.69, 9.17) is 4.74 Å². The van der Waals surface area contributed by atoms with Gasteiger partial charge in [0.15, 0.2) is 0 Å². The third kappa shape index (κ3) is 3.14. The number of carbonyl (C=O) groups excluding carboxylic acids is 1. The van der Waals surface area contributed by atoms with Gasteiger partial charge in [-0.1, -0.05) is 6.92 Å². The molecule has 0 bridgehead atoms. The fourth-order valence-electron chi connectivity index (χ4n) is 2.57. The zero-order valence-electron chi connectivity index (χ0n) is 11.6. The maximum absolute atomic E-state index is 12.3. The maximum atomic E-state index is 12.3. The van der Waals surface area contributed by atoms with Gasteiger partial charge >= 0.3 is 6.03 Å². The Morgan fingerprint density at radius 3 is 2.17 bits per heavy atom. The van der Waals surface area contributed by atoms with Crippen molar-refractivity contribution in [2.24, 2.45) is 0 Å². The first-order valence-corrected chi connectivity index (χ1v) is 7.08. The molecule has 0 aromatic heterocycles. The Balaban J connectivity index is 1.79. The minimum Gasteiger partial charge on any atom is -0.378 e. The molecule has 2 rings (SSSR count). The molecular weight excluding hydrogens is 230 g/mol. The molecule has 0 aliphatic carbocycles. The normalized spacial score (nSPS) is 24.1. The molecule has 1 atom stereocenters. The Morgan fingerprint density at radius 2 is 1.61 bits per heavy atom. The zero-order chi connectivity index (χ0) is 13.0. The molecule has 2 aliphatic rings. The number of carbonyl (C=O) groups is 1. The van der Waals surface area contributed by atoms with Crippen LogP contribution in [0.5, 0.6) is 0 Å².